The number of carbonyl (C=O) groups is 1. The first-order chi connectivity index (χ1) is 15.6. The molecule has 1 atom stereocenters. The van der Waals surface area contributed by atoms with E-state index in [1.165, 1.54) is 14.0 Å². The summed E-state index contributed by atoms with van der Waals surface area (Å²) in [5, 5.41) is 3.43. The standard InChI is InChI=1S/C24H29ClN2O5S/c1-5-33(29,30)27-23(17(2)3)24(28)26-16-19-10-13-21(22(15-19)31-4)32-14-6-7-18-8-11-20(25)12-9-18/h8-13,15,17,23,27H,5,14,16H2,1-4H3,(H,26,28)/t23-/m0/s1. The van der Waals surface area contributed by atoms with Crippen molar-refractivity contribution >= 4 is 27.5 Å². The molecule has 0 aliphatic carbocycles. The van der Waals surface area contributed by atoms with Crippen LogP contribution >= 0.6 is 11.6 Å². The molecule has 0 aromatic heterocycles. The summed E-state index contributed by atoms with van der Waals surface area (Å²) >= 11 is 5.86. The Morgan fingerprint density at radius 1 is 1.12 bits per heavy atom. The molecule has 0 heterocycles. The van der Waals surface area contributed by atoms with E-state index >= 15 is 0 Å². The Hall–Kier alpha value is -2.73. The van der Waals surface area contributed by atoms with E-state index < -0.39 is 22.0 Å². The van der Waals surface area contributed by atoms with Crippen LogP contribution in [0, 0.1) is 17.8 Å². The molecule has 1 amide bonds. The molecule has 0 aliphatic rings. The second kappa shape index (κ2) is 12.5. The van der Waals surface area contributed by atoms with E-state index in [2.05, 4.69) is 21.9 Å². The Balaban J connectivity index is 1.98. The minimum absolute atomic E-state index is 0.0910. The fourth-order valence-electron chi connectivity index (χ4n) is 2.79. The summed E-state index contributed by atoms with van der Waals surface area (Å²) < 4.78 is 37.3. The van der Waals surface area contributed by atoms with Gasteiger partial charge in [0.2, 0.25) is 15.9 Å². The molecule has 2 aromatic rings. The number of halogens is 1. The topological polar surface area (TPSA) is 93.7 Å². The number of hydrogen-bond acceptors (Lipinski definition) is 5. The molecule has 2 rings (SSSR count). The van der Waals surface area contributed by atoms with Crippen LogP contribution < -0.4 is 19.5 Å². The number of rotatable bonds is 10. The van der Waals surface area contributed by atoms with Crippen molar-refractivity contribution in [1.82, 2.24) is 10.0 Å². The number of methoxy groups -OCH3 is 1. The van der Waals surface area contributed by atoms with Crippen LogP contribution in [-0.2, 0) is 21.4 Å². The van der Waals surface area contributed by atoms with Gasteiger partial charge in [-0.2, -0.15) is 0 Å². The van der Waals surface area contributed by atoms with Crippen molar-refractivity contribution in [2.75, 3.05) is 19.5 Å². The Kier molecular flexibility index (Phi) is 10.0. The van der Waals surface area contributed by atoms with Crippen molar-refractivity contribution in [1.29, 1.82) is 0 Å². The van der Waals surface area contributed by atoms with Gasteiger partial charge in [0.15, 0.2) is 11.5 Å². The van der Waals surface area contributed by atoms with Gasteiger partial charge >= 0.3 is 0 Å². The lowest BCUT2D eigenvalue weighted by molar-refractivity contribution is -0.123. The van der Waals surface area contributed by atoms with Gasteiger partial charge in [0.25, 0.3) is 0 Å². The molecule has 7 nitrogen and oxygen atoms in total. The average molecular weight is 493 g/mol. The normalized spacial score (nSPS) is 11.9. The summed E-state index contributed by atoms with van der Waals surface area (Å²) in [4.78, 5) is 12.6. The Morgan fingerprint density at radius 2 is 1.82 bits per heavy atom. The summed E-state index contributed by atoms with van der Waals surface area (Å²) in [6.07, 6.45) is 0. The lowest BCUT2D eigenvalue weighted by Crippen LogP contribution is -2.49. The fourth-order valence-corrected chi connectivity index (χ4v) is 3.85. The van der Waals surface area contributed by atoms with Gasteiger partial charge in [0, 0.05) is 17.1 Å². The number of carbonyl (C=O) groups excluding carboxylic acids is 1. The highest BCUT2D eigenvalue weighted by Gasteiger charge is 2.26. The second-order valence-electron chi connectivity index (χ2n) is 7.54. The molecule has 9 heteroatoms. The number of amides is 1. The first-order valence-electron chi connectivity index (χ1n) is 10.5. The smallest absolute Gasteiger partial charge is 0.238 e. The van der Waals surface area contributed by atoms with Crippen molar-refractivity contribution < 1.29 is 22.7 Å². The third kappa shape index (κ3) is 8.61. The highest BCUT2D eigenvalue weighted by Crippen LogP contribution is 2.28. The Bertz CT molecular complexity index is 1110. The first kappa shape index (κ1) is 26.5. The highest BCUT2D eigenvalue weighted by atomic mass is 35.5. The van der Waals surface area contributed by atoms with E-state index in [9.17, 15) is 13.2 Å². The van der Waals surface area contributed by atoms with Crippen LogP contribution in [0.25, 0.3) is 0 Å². The number of ether oxygens (including phenoxy) is 2. The molecule has 0 saturated carbocycles. The SMILES string of the molecule is CCS(=O)(=O)N[C@H](C(=O)NCc1ccc(OCC#Cc2ccc(Cl)cc2)c(OC)c1)C(C)C. The lowest BCUT2D eigenvalue weighted by atomic mass is 10.0. The average Bonchev–Trinajstić information content (AvgIpc) is 2.80. The maximum Gasteiger partial charge on any atom is 0.238 e. The quantitative estimate of drug-likeness (QED) is 0.496. The van der Waals surface area contributed by atoms with Crippen LogP contribution in [0.4, 0.5) is 0 Å². The molecule has 0 radical (unpaired) electrons. The Morgan fingerprint density at radius 3 is 2.42 bits per heavy atom. The van der Waals surface area contributed by atoms with Gasteiger partial charge in [0.1, 0.15) is 12.6 Å². The van der Waals surface area contributed by atoms with Gasteiger partial charge < -0.3 is 14.8 Å². The van der Waals surface area contributed by atoms with E-state index in [0.717, 1.165) is 11.1 Å². The van der Waals surface area contributed by atoms with Crippen LogP contribution in [0.3, 0.4) is 0 Å². The minimum Gasteiger partial charge on any atom is -0.493 e. The number of nitrogens with one attached hydrogen (secondary N) is 2. The van der Waals surface area contributed by atoms with Crippen LogP contribution in [0.5, 0.6) is 11.5 Å². The summed E-state index contributed by atoms with van der Waals surface area (Å²) in [5.74, 6) is 6.27. The van der Waals surface area contributed by atoms with Gasteiger partial charge in [-0.25, -0.2) is 13.1 Å². The van der Waals surface area contributed by atoms with E-state index in [-0.39, 0.29) is 24.8 Å². The fraction of sp³-hybridized carbons (Fsp3) is 0.375. The zero-order chi connectivity index (χ0) is 24.4. The zero-order valence-electron chi connectivity index (χ0n) is 19.1. The summed E-state index contributed by atoms with van der Waals surface area (Å²) in [6.45, 7) is 5.48. The molecular weight excluding hydrogens is 464 g/mol. The third-order valence-electron chi connectivity index (χ3n) is 4.71. The lowest BCUT2D eigenvalue weighted by Gasteiger charge is -2.21. The van der Waals surface area contributed by atoms with Crippen molar-refractivity contribution in [3.63, 3.8) is 0 Å². The van der Waals surface area contributed by atoms with Crippen molar-refractivity contribution in [3.8, 4) is 23.3 Å². The van der Waals surface area contributed by atoms with Gasteiger partial charge in [-0.15, -0.1) is 0 Å². The molecule has 2 aromatic carbocycles. The van der Waals surface area contributed by atoms with Crippen LogP contribution in [0.1, 0.15) is 31.9 Å². The van der Waals surface area contributed by atoms with Gasteiger partial charge in [-0.05, 0) is 54.8 Å². The number of benzene rings is 2. The molecule has 33 heavy (non-hydrogen) atoms. The van der Waals surface area contributed by atoms with Crippen molar-refractivity contribution in [2.24, 2.45) is 5.92 Å². The molecule has 0 aliphatic heterocycles. The molecule has 0 unspecified atom stereocenters. The molecule has 0 spiro atoms. The summed E-state index contributed by atoms with van der Waals surface area (Å²) in [7, 11) is -1.98. The van der Waals surface area contributed by atoms with Crippen LogP contribution in [0.2, 0.25) is 5.02 Å². The van der Waals surface area contributed by atoms with E-state index in [0.29, 0.717) is 16.5 Å². The van der Waals surface area contributed by atoms with E-state index in [1.807, 2.05) is 12.1 Å². The van der Waals surface area contributed by atoms with Crippen LogP contribution in [0.15, 0.2) is 42.5 Å². The predicted molar refractivity (Wildman–Crippen MR) is 130 cm³/mol. The van der Waals surface area contributed by atoms with Crippen molar-refractivity contribution in [2.45, 2.75) is 33.4 Å². The molecular formula is C24H29ClN2O5S. The summed E-state index contributed by atoms with van der Waals surface area (Å²) in [5.41, 5.74) is 1.61. The second-order valence-corrected chi connectivity index (χ2v) is 10.0. The van der Waals surface area contributed by atoms with Crippen LogP contribution in [-0.4, -0.2) is 39.8 Å². The number of sulfonamides is 1. The third-order valence-corrected chi connectivity index (χ3v) is 6.33. The largest absolute Gasteiger partial charge is 0.493 e. The van der Waals surface area contributed by atoms with Gasteiger partial charge in [-0.1, -0.05) is 43.4 Å². The zero-order valence-corrected chi connectivity index (χ0v) is 20.7. The maximum absolute atomic E-state index is 12.6. The first-order valence-corrected chi connectivity index (χ1v) is 12.5. The molecule has 2 N–H and O–H groups in total. The molecule has 0 fully saturated rings. The monoisotopic (exact) mass is 492 g/mol. The van der Waals surface area contributed by atoms with E-state index in [4.69, 9.17) is 21.1 Å². The molecule has 0 bridgehead atoms. The predicted octanol–water partition coefficient (Wildman–Crippen LogP) is 3.36. The maximum atomic E-state index is 12.6. The molecule has 178 valence electrons. The van der Waals surface area contributed by atoms with Gasteiger partial charge in [0.05, 0.1) is 12.9 Å². The van der Waals surface area contributed by atoms with Gasteiger partial charge in [-0.3, -0.25) is 4.79 Å². The highest BCUT2D eigenvalue weighted by molar-refractivity contribution is 7.89. The summed E-state index contributed by atoms with van der Waals surface area (Å²) in [6, 6.07) is 11.6. The van der Waals surface area contributed by atoms with E-state index in [1.54, 1.807) is 44.2 Å². The minimum atomic E-state index is -3.50. The molecule has 0 saturated heterocycles. The Labute approximate surface area is 200 Å². The van der Waals surface area contributed by atoms with Crippen molar-refractivity contribution in [3.05, 3.63) is 58.6 Å². The number of hydrogen-bond donors (Lipinski definition) is 2.